The Balaban J connectivity index is 1.81. The minimum absolute atomic E-state index is 0.0421. The molecule has 0 radical (unpaired) electrons. The molecule has 1 atom stereocenters. The Morgan fingerprint density at radius 2 is 2.05 bits per heavy atom. The van der Waals surface area contributed by atoms with Gasteiger partial charge in [0.05, 0.1) is 17.6 Å². The number of hydrogen-bond acceptors (Lipinski definition) is 3. The molecule has 4 N–H and O–H groups in total. The van der Waals surface area contributed by atoms with Crippen molar-refractivity contribution in [2.24, 2.45) is 5.73 Å². The number of carbonyl (C=O) groups excluding carboxylic acids is 1. The first kappa shape index (κ1) is 14.3. The third-order valence-corrected chi connectivity index (χ3v) is 3.68. The Kier molecular flexibility index (Phi) is 4.16. The molecule has 2 aromatic carbocycles. The van der Waals surface area contributed by atoms with Gasteiger partial charge < -0.3 is 11.1 Å². The normalized spacial score (nSPS) is 12.2. The molecule has 0 saturated carbocycles. The molecule has 1 heterocycles. The van der Waals surface area contributed by atoms with Crippen LogP contribution in [0.25, 0.3) is 10.9 Å². The van der Waals surface area contributed by atoms with E-state index in [-0.39, 0.29) is 11.8 Å². The van der Waals surface area contributed by atoms with Gasteiger partial charge in [-0.2, -0.15) is 5.10 Å². The van der Waals surface area contributed by atoms with E-state index in [1.54, 1.807) is 6.20 Å². The number of hydrogen-bond donors (Lipinski definition) is 3. The summed E-state index contributed by atoms with van der Waals surface area (Å²) in [5.41, 5.74) is 8.35. The lowest BCUT2D eigenvalue weighted by Crippen LogP contribution is -2.23. The lowest BCUT2D eigenvalue weighted by molar-refractivity contribution is -0.117. The Labute approximate surface area is 128 Å². The SMILES string of the molecule is NCC[C@H](C(=O)Nc1ccc2[nH]ncc2c1)c1ccccc1. The monoisotopic (exact) mass is 294 g/mol. The summed E-state index contributed by atoms with van der Waals surface area (Å²) in [4.78, 5) is 12.6. The first-order chi connectivity index (χ1) is 10.8. The van der Waals surface area contributed by atoms with Gasteiger partial charge >= 0.3 is 0 Å². The summed E-state index contributed by atoms with van der Waals surface area (Å²) in [6.45, 7) is 0.466. The van der Waals surface area contributed by atoms with Gasteiger partial charge in [0, 0.05) is 11.1 Å². The third kappa shape index (κ3) is 2.99. The summed E-state index contributed by atoms with van der Waals surface area (Å²) in [5.74, 6) is -0.286. The zero-order chi connectivity index (χ0) is 15.4. The molecule has 0 saturated heterocycles. The van der Waals surface area contributed by atoms with E-state index in [2.05, 4.69) is 15.5 Å². The first-order valence-electron chi connectivity index (χ1n) is 7.27. The van der Waals surface area contributed by atoms with E-state index in [1.165, 1.54) is 0 Å². The summed E-state index contributed by atoms with van der Waals surface area (Å²) < 4.78 is 0. The lowest BCUT2D eigenvalue weighted by atomic mass is 9.95. The quantitative estimate of drug-likeness (QED) is 0.676. The number of aromatic amines is 1. The van der Waals surface area contributed by atoms with Gasteiger partial charge in [-0.3, -0.25) is 9.89 Å². The van der Waals surface area contributed by atoms with Gasteiger partial charge in [0.2, 0.25) is 5.91 Å². The molecular formula is C17H18N4O. The Hall–Kier alpha value is -2.66. The topological polar surface area (TPSA) is 83.8 Å². The Morgan fingerprint density at radius 1 is 1.23 bits per heavy atom. The van der Waals surface area contributed by atoms with Crippen LogP contribution in [0.5, 0.6) is 0 Å². The van der Waals surface area contributed by atoms with Crippen LogP contribution in [0.3, 0.4) is 0 Å². The highest BCUT2D eigenvalue weighted by Crippen LogP contribution is 2.23. The van der Waals surface area contributed by atoms with Gasteiger partial charge in [0.1, 0.15) is 0 Å². The van der Waals surface area contributed by atoms with Crippen LogP contribution in [0.1, 0.15) is 17.9 Å². The number of amides is 1. The number of nitrogens with two attached hydrogens (primary N) is 1. The lowest BCUT2D eigenvalue weighted by Gasteiger charge is -2.16. The maximum Gasteiger partial charge on any atom is 0.231 e. The molecule has 1 aromatic heterocycles. The smallest absolute Gasteiger partial charge is 0.231 e. The molecule has 5 heteroatoms. The summed E-state index contributed by atoms with van der Waals surface area (Å²) in [6.07, 6.45) is 2.35. The molecule has 1 amide bonds. The number of fused-ring (bicyclic) bond motifs is 1. The molecule has 0 aliphatic carbocycles. The summed E-state index contributed by atoms with van der Waals surface area (Å²) >= 11 is 0. The number of nitrogens with zero attached hydrogens (tertiary/aromatic N) is 1. The molecule has 0 aliphatic heterocycles. The maximum absolute atomic E-state index is 12.6. The predicted molar refractivity (Wildman–Crippen MR) is 87.6 cm³/mol. The Bertz CT molecular complexity index is 766. The van der Waals surface area contributed by atoms with Gasteiger partial charge in [-0.25, -0.2) is 0 Å². The maximum atomic E-state index is 12.6. The van der Waals surface area contributed by atoms with Crippen LogP contribution in [0.2, 0.25) is 0 Å². The second-order valence-corrected chi connectivity index (χ2v) is 5.20. The van der Waals surface area contributed by atoms with Crippen molar-refractivity contribution in [3.05, 3.63) is 60.3 Å². The highest BCUT2D eigenvalue weighted by atomic mass is 16.1. The fourth-order valence-electron chi connectivity index (χ4n) is 2.55. The number of nitrogens with one attached hydrogen (secondary N) is 2. The van der Waals surface area contributed by atoms with Crippen molar-refractivity contribution in [2.45, 2.75) is 12.3 Å². The van der Waals surface area contributed by atoms with Crippen molar-refractivity contribution in [1.29, 1.82) is 0 Å². The number of anilines is 1. The van der Waals surface area contributed by atoms with Crippen LogP contribution in [0, 0.1) is 0 Å². The summed E-state index contributed by atoms with van der Waals surface area (Å²) in [5, 5.41) is 10.8. The average molecular weight is 294 g/mol. The highest BCUT2D eigenvalue weighted by Gasteiger charge is 2.19. The second-order valence-electron chi connectivity index (χ2n) is 5.20. The number of H-pyrrole nitrogens is 1. The number of aromatic nitrogens is 2. The van der Waals surface area contributed by atoms with Crippen LogP contribution in [-0.2, 0) is 4.79 Å². The summed E-state index contributed by atoms with van der Waals surface area (Å²) in [6, 6.07) is 15.4. The van der Waals surface area contributed by atoms with Crippen molar-refractivity contribution in [3.63, 3.8) is 0 Å². The second kappa shape index (κ2) is 6.41. The van der Waals surface area contributed by atoms with Crippen molar-refractivity contribution in [3.8, 4) is 0 Å². The van der Waals surface area contributed by atoms with E-state index < -0.39 is 0 Å². The van der Waals surface area contributed by atoms with Crippen LogP contribution >= 0.6 is 0 Å². The van der Waals surface area contributed by atoms with Gasteiger partial charge in [0.25, 0.3) is 0 Å². The summed E-state index contributed by atoms with van der Waals surface area (Å²) in [7, 11) is 0. The minimum atomic E-state index is -0.244. The molecule has 0 fully saturated rings. The molecule has 0 bridgehead atoms. The molecule has 112 valence electrons. The average Bonchev–Trinajstić information content (AvgIpc) is 3.01. The minimum Gasteiger partial charge on any atom is -0.330 e. The largest absolute Gasteiger partial charge is 0.330 e. The number of benzene rings is 2. The fraction of sp³-hybridized carbons (Fsp3) is 0.176. The molecule has 3 aromatic rings. The van der Waals surface area contributed by atoms with Gasteiger partial charge in [-0.05, 0) is 36.7 Å². The predicted octanol–water partition coefficient (Wildman–Crippen LogP) is 2.63. The molecule has 0 unspecified atom stereocenters. The van der Waals surface area contributed by atoms with E-state index in [0.29, 0.717) is 13.0 Å². The Morgan fingerprint density at radius 3 is 2.82 bits per heavy atom. The van der Waals surface area contributed by atoms with Crippen molar-refractivity contribution < 1.29 is 4.79 Å². The van der Waals surface area contributed by atoms with Gasteiger partial charge in [0.15, 0.2) is 0 Å². The van der Waals surface area contributed by atoms with Crippen LogP contribution in [0.4, 0.5) is 5.69 Å². The van der Waals surface area contributed by atoms with Crippen LogP contribution in [0.15, 0.2) is 54.7 Å². The van der Waals surface area contributed by atoms with Gasteiger partial charge in [-0.15, -0.1) is 0 Å². The molecular weight excluding hydrogens is 276 g/mol. The molecule has 0 aliphatic rings. The fourth-order valence-corrected chi connectivity index (χ4v) is 2.55. The number of rotatable bonds is 5. The zero-order valence-corrected chi connectivity index (χ0v) is 12.1. The van der Waals surface area contributed by atoms with Crippen molar-refractivity contribution >= 4 is 22.5 Å². The molecule has 22 heavy (non-hydrogen) atoms. The van der Waals surface area contributed by atoms with E-state index in [9.17, 15) is 4.79 Å². The van der Waals surface area contributed by atoms with Crippen LogP contribution < -0.4 is 11.1 Å². The molecule has 0 spiro atoms. The zero-order valence-electron chi connectivity index (χ0n) is 12.1. The number of carbonyl (C=O) groups is 1. The van der Waals surface area contributed by atoms with Gasteiger partial charge in [-0.1, -0.05) is 30.3 Å². The van der Waals surface area contributed by atoms with E-state index in [4.69, 9.17) is 5.73 Å². The standard InChI is InChI=1S/C17H18N4O/c18-9-8-15(12-4-2-1-3-5-12)17(22)20-14-6-7-16-13(10-14)11-19-21-16/h1-7,10-11,15H,8-9,18H2,(H,19,21)(H,20,22)/t15-/m0/s1. The van der Waals surface area contributed by atoms with Crippen molar-refractivity contribution in [1.82, 2.24) is 10.2 Å². The molecule has 3 rings (SSSR count). The van der Waals surface area contributed by atoms with Crippen molar-refractivity contribution in [2.75, 3.05) is 11.9 Å². The van der Waals surface area contributed by atoms with Crippen LogP contribution in [-0.4, -0.2) is 22.6 Å². The highest BCUT2D eigenvalue weighted by molar-refractivity contribution is 5.97. The van der Waals surface area contributed by atoms with E-state index in [0.717, 1.165) is 22.2 Å². The molecule has 5 nitrogen and oxygen atoms in total. The van der Waals surface area contributed by atoms with E-state index in [1.807, 2.05) is 48.5 Å². The van der Waals surface area contributed by atoms with E-state index >= 15 is 0 Å². The first-order valence-corrected chi connectivity index (χ1v) is 7.27. The third-order valence-electron chi connectivity index (χ3n) is 3.68.